The Kier molecular flexibility index (Phi) is 22.5. The lowest BCUT2D eigenvalue weighted by molar-refractivity contribution is 0.363. The third-order valence-electron chi connectivity index (χ3n) is 14.9. The Hall–Kier alpha value is -4.70. The van der Waals surface area contributed by atoms with Crippen molar-refractivity contribution in [1.29, 1.82) is 21.0 Å². The first-order valence-electron chi connectivity index (χ1n) is 27.4. The molecular formula is C58H74N6O4S4. The Bertz CT molecular complexity index is 2950. The molecule has 0 aliphatic heterocycles. The molecule has 0 bridgehead atoms. The van der Waals surface area contributed by atoms with Crippen molar-refractivity contribution < 1.29 is 0 Å². The number of nitriles is 4. The first-order chi connectivity index (χ1) is 35.1. The molecule has 0 aliphatic carbocycles. The van der Waals surface area contributed by atoms with Gasteiger partial charge >= 0.3 is 0 Å². The number of fused-ring (bicyclic) bond motifs is 6. The summed E-state index contributed by atoms with van der Waals surface area (Å²) < 4.78 is 4.92. The predicted molar refractivity (Wildman–Crippen MR) is 305 cm³/mol. The normalized spacial score (nSPS) is 12.5. The molecule has 6 aromatic rings. The van der Waals surface area contributed by atoms with Gasteiger partial charge in [-0.2, -0.15) is 21.0 Å². The summed E-state index contributed by atoms with van der Waals surface area (Å²) in [5, 5.41) is 41.6. The highest BCUT2D eigenvalue weighted by Crippen LogP contribution is 2.44. The van der Waals surface area contributed by atoms with Crippen LogP contribution in [-0.4, -0.2) is 9.13 Å². The van der Waals surface area contributed by atoms with E-state index >= 15 is 19.2 Å². The third-order valence-corrected chi connectivity index (χ3v) is 20.2. The van der Waals surface area contributed by atoms with Crippen LogP contribution in [0.5, 0.6) is 0 Å². The van der Waals surface area contributed by atoms with Gasteiger partial charge in [0.05, 0.1) is 40.3 Å². The second kappa shape index (κ2) is 28.7. The fraction of sp³-hybridized carbons (Fsp3) is 0.621. The van der Waals surface area contributed by atoms with Crippen LogP contribution in [0.2, 0.25) is 0 Å². The highest BCUT2D eigenvalue weighted by atomic mass is 32.2. The summed E-state index contributed by atoms with van der Waals surface area (Å²) in [6, 6.07) is 8.00. The lowest BCUT2D eigenvalue weighted by Gasteiger charge is -2.19. The largest absolute Gasteiger partial charge is 0.274 e. The van der Waals surface area contributed by atoms with E-state index in [9.17, 15) is 21.0 Å². The lowest BCUT2D eigenvalue weighted by Crippen LogP contribution is -2.36. The zero-order chi connectivity index (χ0) is 51.6. The zero-order valence-electron chi connectivity index (χ0n) is 43.3. The van der Waals surface area contributed by atoms with Crippen molar-refractivity contribution in [3.8, 4) is 24.3 Å². The molecule has 14 heteroatoms. The number of aromatic nitrogens is 2. The minimum Gasteiger partial charge on any atom is -0.274 e. The van der Waals surface area contributed by atoms with Crippen LogP contribution < -0.4 is 29.9 Å². The fourth-order valence-electron chi connectivity index (χ4n) is 10.9. The van der Waals surface area contributed by atoms with Crippen molar-refractivity contribution in [3.63, 3.8) is 0 Å². The highest BCUT2D eigenvalue weighted by molar-refractivity contribution is 7.38. The Morgan fingerprint density at radius 2 is 0.597 bits per heavy atom. The Balaban J connectivity index is 1.53. The second-order valence-electron chi connectivity index (χ2n) is 20.1. The maximum absolute atomic E-state index is 15.2. The van der Waals surface area contributed by atoms with Crippen LogP contribution >= 0.6 is 45.3 Å². The van der Waals surface area contributed by atoms with Crippen molar-refractivity contribution in [3.05, 3.63) is 49.1 Å². The summed E-state index contributed by atoms with van der Waals surface area (Å²) in [4.78, 5) is 60.9. The molecule has 6 rings (SSSR count). The quantitative estimate of drug-likeness (QED) is 0.0296. The van der Waals surface area contributed by atoms with Crippen LogP contribution in [0.3, 0.4) is 0 Å². The first kappa shape index (κ1) is 56.6. The molecule has 4 aromatic heterocycles. The third kappa shape index (κ3) is 13.1. The lowest BCUT2D eigenvalue weighted by atomic mass is 9.90. The smallest absolute Gasteiger partial charge is 0.262 e. The molecule has 0 fully saturated rings. The first-order valence-corrected chi connectivity index (χ1v) is 30.7. The molecule has 0 radical (unpaired) electrons. The van der Waals surface area contributed by atoms with E-state index in [1.807, 2.05) is 24.3 Å². The molecule has 0 saturated heterocycles. The molecule has 2 aromatic carbocycles. The monoisotopic (exact) mass is 1050 g/mol. The van der Waals surface area contributed by atoms with Gasteiger partial charge in [-0.15, -0.1) is 45.3 Å². The molecule has 0 amide bonds. The van der Waals surface area contributed by atoms with E-state index < -0.39 is 22.2 Å². The van der Waals surface area contributed by atoms with Crippen LogP contribution in [0.25, 0.3) is 62.3 Å². The van der Waals surface area contributed by atoms with E-state index in [2.05, 4.69) is 27.7 Å². The molecular weight excluding hydrogens is 973 g/mol. The minimum absolute atomic E-state index is 0.146. The summed E-state index contributed by atoms with van der Waals surface area (Å²) in [6.45, 7) is 9.22. The maximum Gasteiger partial charge on any atom is 0.262 e. The number of benzene rings is 2. The number of rotatable bonds is 32. The minimum atomic E-state index is -0.528. The van der Waals surface area contributed by atoms with Gasteiger partial charge in [0, 0.05) is 23.9 Å². The van der Waals surface area contributed by atoms with Crippen molar-refractivity contribution in [2.75, 3.05) is 0 Å². The van der Waals surface area contributed by atoms with Gasteiger partial charge < -0.3 is 0 Å². The second-order valence-corrected chi connectivity index (χ2v) is 24.7. The molecule has 0 N–H and O–H groups in total. The van der Waals surface area contributed by atoms with Crippen LogP contribution in [0, 0.1) is 57.2 Å². The molecule has 0 aliphatic rings. The van der Waals surface area contributed by atoms with Crippen LogP contribution in [-0.2, 0) is 13.1 Å². The van der Waals surface area contributed by atoms with E-state index in [4.69, 9.17) is 0 Å². The molecule has 2 unspecified atom stereocenters. The summed E-state index contributed by atoms with van der Waals surface area (Å²) >= 11 is 4.39. The molecule has 2 atom stereocenters. The number of unbranched alkanes of at least 4 members (excludes halogenated alkanes) is 16. The molecule has 72 heavy (non-hydrogen) atoms. The predicted octanol–water partition coefficient (Wildman–Crippen LogP) is 14.8. The van der Waals surface area contributed by atoms with Gasteiger partial charge in [-0.25, -0.2) is 0 Å². The fourth-order valence-corrected chi connectivity index (χ4v) is 16.2. The van der Waals surface area contributed by atoms with E-state index in [1.54, 1.807) is 0 Å². The van der Waals surface area contributed by atoms with Crippen molar-refractivity contribution in [2.45, 2.75) is 221 Å². The summed E-state index contributed by atoms with van der Waals surface area (Å²) in [7, 11) is 0. The van der Waals surface area contributed by atoms with Gasteiger partial charge in [-0.1, -0.05) is 182 Å². The standard InChI is InChI=1S/C58H74N6O4S4/c1-5-9-13-17-19-23-29-39(27-21-15-11-7-3)31-25-33-63-53(65)45-43-44-47(51-49(45)69-57(71-51)41(35-59)36-60)55(67)64(34-26-32-40(28-22-16-12-8-4)30-24-20-18-14-10-6-2)56(68)48(44)52-50(46(43)54(63)66)70-58(72-52)42(37-61)38-62/h39-40H,5-34H2,1-4H3. The van der Waals surface area contributed by atoms with Crippen LogP contribution in [0.4, 0.5) is 0 Å². The van der Waals surface area contributed by atoms with Gasteiger partial charge in [-0.05, 0) is 37.5 Å². The number of hydrogen-bond acceptors (Lipinski definition) is 12. The summed E-state index contributed by atoms with van der Waals surface area (Å²) in [5.74, 6) is 0.939. The topological polar surface area (TPSA) is 173 Å². The van der Waals surface area contributed by atoms with Crippen LogP contribution in [0.15, 0.2) is 19.2 Å². The molecule has 0 spiro atoms. The van der Waals surface area contributed by atoms with E-state index in [0.717, 1.165) is 122 Å². The molecule has 0 saturated carbocycles. The SMILES string of the molecule is CCCCCCCCC(CCCCCC)CCCn1c(=O)c2c3sc(=C(C#N)C#N)sc3c3c(=O)n(CCCC(CCCCCC)CCCCCCCC)c(=O)c4c5sc(=C(C#N)C#N)sc5c(c1=O)c2c34. The number of pyridine rings is 2. The Morgan fingerprint density at radius 3 is 0.861 bits per heavy atom. The van der Waals surface area contributed by atoms with Gasteiger partial charge in [0.2, 0.25) is 0 Å². The Labute approximate surface area is 440 Å². The molecule has 10 nitrogen and oxygen atoms in total. The van der Waals surface area contributed by atoms with Gasteiger partial charge in [0.1, 0.15) is 32.0 Å². The average Bonchev–Trinajstić information content (AvgIpc) is 4.02. The highest BCUT2D eigenvalue weighted by Gasteiger charge is 2.30. The van der Waals surface area contributed by atoms with E-state index in [1.165, 1.54) is 99.0 Å². The number of hydrogen-bond donors (Lipinski definition) is 0. The zero-order valence-corrected chi connectivity index (χ0v) is 46.6. The van der Waals surface area contributed by atoms with Crippen LogP contribution in [0.1, 0.15) is 207 Å². The molecule has 384 valence electrons. The Morgan fingerprint density at radius 1 is 0.361 bits per heavy atom. The van der Waals surface area contributed by atoms with Crippen molar-refractivity contribution in [1.82, 2.24) is 9.13 Å². The average molecular weight is 1050 g/mol. The van der Waals surface area contributed by atoms with Crippen molar-refractivity contribution in [2.24, 2.45) is 11.8 Å². The summed E-state index contributed by atoms with van der Waals surface area (Å²) in [6.07, 6.45) is 31.4. The van der Waals surface area contributed by atoms with Crippen molar-refractivity contribution >= 4 is 108 Å². The number of nitrogens with zero attached hydrogens (tertiary/aromatic N) is 6. The summed E-state index contributed by atoms with van der Waals surface area (Å²) in [5.41, 5.74) is -2.40. The van der Waals surface area contributed by atoms with E-state index in [0.29, 0.717) is 51.2 Å². The molecule has 4 heterocycles. The maximum atomic E-state index is 15.2. The van der Waals surface area contributed by atoms with Gasteiger partial charge in [-0.3, -0.25) is 28.3 Å². The van der Waals surface area contributed by atoms with E-state index in [-0.39, 0.29) is 56.6 Å². The van der Waals surface area contributed by atoms with Gasteiger partial charge in [0.15, 0.2) is 11.1 Å². The van der Waals surface area contributed by atoms with Gasteiger partial charge in [0.25, 0.3) is 22.2 Å².